The molecule has 0 aromatic heterocycles. The molecule has 1 aliphatic heterocycles. The molecule has 5 heteroatoms. The fourth-order valence-corrected chi connectivity index (χ4v) is 2.57. The van der Waals surface area contributed by atoms with E-state index in [4.69, 9.17) is 4.74 Å². The Kier molecular flexibility index (Phi) is 5.79. The van der Waals surface area contributed by atoms with Crippen molar-refractivity contribution in [1.82, 2.24) is 10.2 Å². The van der Waals surface area contributed by atoms with Gasteiger partial charge in [-0.25, -0.2) is 0 Å². The number of nitrogens with one attached hydrogen (secondary N) is 1. The highest BCUT2D eigenvalue weighted by molar-refractivity contribution is 5.90. The molecule has 5 nitrogen and oxygen atoms in total. The number of hydrogen-bond acceptors (Lipinski definition) is 3. The van der Waals surface area contributed by atoms with Gasteiger partial charge in [0.25, 0.3) is 0 Å². The Morgan fingerprint density at radius 3 is 2.53 bits per heavy atom. The second-order valence-corrected chi connectivity index (χ2v) is 5.72. The van der Waals surface area contributed by atoms with E-state index in [0.29, 0.717) is 13.0 Å². The molecular weight excluding hydrogens is 244 g/mol. The third kappa shape index (κ3) is 3.93. The first-order chi connectivity index (χ1) is 8.88. The van der Waals surface area contributed by atoms with Crippen LogP contribution in [-0.4, -0.2) is 48.6 Å². The molecule has 0 radical (unpaired) electrons. The van der Waals surface area contributed by atoms with Gasteiger partial charge < -0.3 is 15.0 Å². The van der Waals surface area contributed by atoms with Crippen molar-refractivity contribution in [3.05, 3.63) is 0 Å². The third-order valence-corrected chi connectivity index (χ3v) is 3.67. The van der Waals surface area contributed by atoms with Gasteiger partial charge in [-0.1, -0.05) is 13.8 Å². The number of rotatable bonds is 5. The Balaban J connectivity index is 2.91. The minimum atomic E-state index is -0.414. The van der Waals surface area contributed by atoms with Gasteiger partial charge in [0, 0.05) is 32.2 Å². The zero-order valence-corrected chi connectivity index (χ0v) is 12.6. The summed E-state index contributed by atoms with van der Waals surface area (Å²) >= 11 is 0. The number of methoxy groups -OCH3 is 1. The van der Waals surface area contributed by atoms with E-state index in [1.165, 1.54) is 0 Å². The Morgan fingerprint density at radius 2 is 2.00 bits per heavy atom. The molecule has 0 aliphatic carbocycles. The van der Waals surface area contributed by atoms with E-state index in [1.807, 2.05) is 32.6 Å². The molecule has 1 fully saturated rings. The van der Waals surface area contributed by atoms with E-state index < -0.39 is 6.04 Å². The largest absolute Gasteiger partial charge is 0.385 e. The topological polar surface area (TPSA) is 58.6 Å². The fourth-order valence-electron chi connectivity index (χ4n) is 2.57. The third-order valence-electron chi connectivity index (χ3n) is 3.67. The average Bonchev–Trinajstić information content (AvgIpc) is 2.43. The van der Waals surface area contributed by atoms with Crippen LogP contribution >= 0.6 is 0 Å². The van der Waals surface area contributed by atoms with Crippen molar-refractivity contribution in [3.63, 3.8) is 0 Å². The Hall–Kier alpha value is -1.10. The first kappa shape index (κ1) is 16.0. The number of hydrogen-bond donors (Lipinski definition) is 1. The van der Waals surface area contributed by atoms with E-state index in [1.54, 1.807) is 7.11 Å². The van der Waals surface area contributed by atoms with Crippen LogP contribution in [0.4, 0.5) is 0 Å². The lowest BCUT2D eigenvalue weighted by molar-refractivity contribution is -0.138. The monoisotopic (exact) mass is 270 g/mol. The van der Waals surface area contributed by atoms with Crippen LogP contribution in [0.25, 0.3) is 0 Å². The molecular formula is C14H26N2O3. The highest BCUT2D eigenvalue weighted by Gasteiger charge is 2.37. The number of carbonyl (C=O) groups is 2. The summed E-state index contributed by atoms with van der Waals surface area (Å²) in [5, 5.41) is 2.84. The molecule has 0 spiro atoms. The maximum Gasteiger partial charge on any atom is 0.245 e. The fraction of sp³-hybridized carbons (Fsp3) is 0.857. The molecule has 1 heterocycles. The summed E-state index contributed by atoms with van der Waals surface area (Å²) in [6, 6.07) is -0.401. The molecule has 110 valence electrons. The maximum atomic E-state index is 12.6. The van der Waals surface area contributed by atoms with E-state index in [0.717, 1.165) is 6.42 Å². The standard InChI is InChI=1S/C14H26N2O3/c1-9(2)13-14(18)16(10(3)6-7-19-5)11(4)8-12(17)15-13/h9-11,13H,6-8H2,1-5H3,(H,15,17). The van der Waals surface area contributed by atoms with Crippen molar-refractivity contribution in [3.8, 4) is 0 Å². The second-order valence-electron chi connectivity index (χ2n) is 5.72. The van der Waals surface area contributed by atoms with Crippen molar-refractivity contribution in [2.75, 3.05) is 13.7 Å². The molecule has 0 bridgehead atoms. The average molecular weight is 270 g/mol. The zero-order chi connectivity index (χ0) is 14.6. The summed E-state index contributed by atoms with van der Waals surface area (Å²) in [5.74, 6) is 0.0804. The molecule has 1 rings (SSSR count). The lowest BCUT2D eigenvalue weighted by Crippen LogP contribution is -2.52. The normalized spacial score (nSPS) is 26.3. The minimum Gasteiger partial charge on any atom is -0.385 e. The van der Waals surface area contributed by atoms with Crippen molar-refractivity contribution in [1.29, 1.82) is 0 Å². The molecule has 1 N–H and O–H groups in total. The first-order valence-electron chi connectivity index (χ1n) is 6.99. The van der Waals surface area contributed by atoms with Crippen molar-refractivity contribution >= 4 is 11.8 Å². The van der Waals surface area contributed by atoms with Crippen molar-refractivity contribution in [2.24, 2.45) is 5.92 Å². The number of nitrogens with zero attached hydrogens (tertiary/aromatic N) is 1. The molecule has 3 atom stereocenters. The van der Waals surface area contributed by atoms with E-state index >= 15 is 0 Å². The zero-order valence-electron chi connectivity index (χ0n) is 12.6. The highest BCUT2D eigenvalue weighted by atomic mass is 16.5. The van der Waals surface area contributed by atoms with E-state index in [-0.39, 0.29) is 29.8 Å². The van der Waals surface area contributed by atoms with Gasteiger partial charge in [-0.05, 0) is 26.2 Å². The molecule has 0 saturated carbocycles. The lowest BCUT2D eigenvalue weighted by atomic mass is 10.0. The summed E-state index contributed by atoms with van der Waals surface area (Å²) in [4.78, 5) is 26.3. The predicted octanol–water partition coefficient (Wildman–Crippen LogP) is 1.17. The van der Waals surface area contributed by atoms with Gasteiger partial charge >= 0.3 is 0 Å². The van der Waals surface area contributed by atoms with Crippen LogP contribution in [0.2, 0.25) is 0 Å². The summed E-state index contributed by atoms with van der Waals surface area (Å²) in [6.45, 7) is 8.48. The summed E-state index contributed by atoms with van der Waals surface area (Å²) < 4.78 is 5.08. The van der Waals surface area contributed by atoms with Gasteiger partial charge in [-0.15, -0.1) is 0 Å². The van der Waals surface area contributed by atoms with Crippen LogP contribution in [0.5, 0.6) is 0 Å². The Bertz CT molecular complexity index is 331. The van der Waals surface area contributed by atoms with Crippen molar-refractivity contribution < 1.29 is 14.3 Å². The minimum absolute atomic E-state index is 0.0250. The van der Waals surface area contributed by atoms with Gasteiger partial charge in [0.15, 0.2) is 0 Å². The summed E-state index contributed by atoms with van der Waals surface area (Å²) in [6.07, 6.45) is 1.15. The van der Waals surface area contributed by atoms with Gasteiger partial charge in [0.05, 0.1) is 0 Å². The van der Waals surface area contributed by atoms with Crippen LogP contribution in [0.1, 0.15) is 40.5 Å². The van der Waals surface area contributed by atoms with Crippen LogP contribution < -0.4 is 5.32 Å². The van der Waals surface area contributed by atoms with Gasteiger partial charge in [0.2, 0.25) is 11.8 Å². The van der Waals surface area contributed by atoms with Crippen LogP contribution in [0, 0.1) is 5.92 Å². The number of amides is 2. The smallest absolute Gasteiger partial charge is 0.245 e. The molecule has 1 aliphatic rings. The van der Waals surface area contributed by atoms with Gasteiger partial charge in [-0.2, -0.15) is 0 Å². The number of carbonyl (C=O) groups excluding carboxylic acids is 2. The lowest BCUT2D eigenvalue weighted by Gasteiger charge is -2.35. The Morgan fingerprint density at radius 1 is 1.37 bits per heavy atom. The number of ether oxygens (including phenoxy) is 1. The van der Waals surface area contributed by atoms with E-state index in [2.05, 4.69) is 5.32 Å². The summed E-state index contributed by atoms with van der Waals surface area (Å²) in [7, 11) is 1.66. The molecule has 19 heavy (non-hydrogen) atoms. The second kappa shape index (κ2) is 6.89. The first-order valence-corrected chi connectivity index (χ1v) is 6.99. The SMILES string of the molecule is COCCC(C)N1C(=O)C(C(C)C)NC(=O)CC1C. The van der Waals surface area contributed by atoms with Crippen LogP contribution in [0.15, 0.2) is 0 Å². The molecule has 0 aromatic carbocycles. The predicted molar refractivity (Wildman–Crippen MR) is 73.6 cm³/mol. The molecule has 2 amide bonds. The molecule has 0 aromatic rings. The quantitative estimate of drug-likeness (QED) is 0.816. The van der Waals surface area contributed by atoms with Crippen molar-refractivity contribution in [2.45, 2.75) is 58.7 Å². The molecule has 1 saturated heterocycles. The van der Waals surface area contributed by atoms with Crippen LogP contribution in [-0.2, 0) is 14.3 Å². The Labute approximate surface area is 115 Å². The summed E-state index contributed by atoms with van der Waals surface area (Å²) in [5.41, 5.74) is 0. The maximum absolute atomic E-state index is 12.6. The van der Waals surface area contributed by atoms with Gasteiger partial charge in [0.1, 0.15) is 6.04 Å². The van der Waals surface area contributed by atoms with Crippen LogP contribution in [0.3, 0.4) is 0 Å². The molecule has 3 unspecified atom stereocenters. The van der Waals surface area contributed by atoms with E-state index in [9.17, 15) is 9.59 Å². The highest BCUT2D eigenvalue weighted by Crippen LogP contribution is 2.20. The van der Waals surface area contributed by atoms with Gasteiger partial charge in [-0.3, -0.25) is 9.59 Å².